The predicted molar refractivity (Wildman–Crippen MR) is 109 cm³/mol. The summed E-state index contributed by atoms with van der Waals surface area (Å²) in [5, 5.41) is 13.5. The molecule has 0 aliphatic carbocycles. The van der Waals surface area contributed by atoms with Crippen LogP contribution in [0.15, 0.2) is 26.0 Å². The number of hydrogen-bond donors (Lipinski definition) is 2. The zero-order valence-electron chi connectivity index (χ0n) is 17.0. The van der Waals surface area contributed by atoms with E-state index >= 15 is 0 Å². The number of rotatable bonds is 7. The third-order valence-corrected chi connectivity index (χ3v) is 5.35. The highest BCUT2D eigenvalue weighted by molar-refractivity contribution is 6.00. The van der Waals surface area contributed by atoms with Crippen LogP contribution in [-0.2, 0) is 16.0 Å². The first-order valence-electron chi connectivity index (χ1n) is 9.70. The summed E-state index contributed by atoms with van der Waals surface area (Å²) in [6.07, 6.45) is 3.28. The first-order chi connectivity index (χ1) is 13.7. The molecule has 0 saturated heterocycles. The number of carbonyl (C=O) groups is 2. The first-order valence-corrected chi connectivity index (χ1v) is 9.70. The Balaban J connectivity index is 1.98. The summed E-state index contributed by atoms with van der Waals surface area (Å²) in [5.74, 6) is -1.59. The molecule has 0 bridgehead atoms. The molecule has 2 heterocycles. The number of carboxylic acids is 1. The highest BCUT2D eigenvalue weighted by Gasteiger charge is 2.22. The number of carboxylic acid groups (broad SMARTS) is 1. The van der Waals surface area contributed by atoms with Crippen molar-refractivity contribution in [3.05, 3.63) is 45.0 Å². The van der Waals surface area contributed by atoms with E-state index in [2.05, 4.69) is 5.32 Å². The van der Waals surface area contributed by atoms with Crippen LogP contribution in [0.1, 0.15) is 48.4 Å². The molecule has 0 radical (unpaired) electrons. The Bertz CT molecular complexity index is 1150. The molecular formula is C22H25NO6. The summed E-state index contributed by atoms with van der Waals surface area (Å²) in [4.78, 5) is 36.4. The fourth-order valence-corrected chi connectivity index (χ4v) is 3.59. The Hall–Kier alpha value is -3.09. The average Bonchev–Trinajstić information content (AvgIpc) is 3.04. The van der Waals surface area contributed by atoms with Gasteiger partial charge < -0.3 is 19.3 Å². The summed E-state index contributed by atoms with van der Waals surface area (Å²) < 4.78 is 11.1. The van der Waals surface area contributed by atoms with Crippen LogP contribution < -0.4 is 10.9 Å². The fourth-order valence-electron chi connectivity index (χ4n) is 3.59. The molecule has 3 aromatic rings. The van der Waals surface area contributed by atoms with Gasteiger partial charge in [-0.15, -0.1) is 0 Å². The van der Waals surface area contributed by atoms with Gasteiger partial charge in [-0.1, -0.05) is 19.8 Å². The van der Waals surface area contributed by atoms with Crippen LogP contribution in [0.5, 0.6) is 0 Å². The van der Waals surface area contributed by atoms with E-state index < -0.39 is 23.5 Å². The van der Waals surface area contributed by atoms with E-state index in [-0.39, 0.29) is 12.0 Å². The Morgan fingerprint density at radius 3 is 2.52 bits per heavy atom. The Morgan fingerprint density at radius 1 is 1.14 bits per heavy atom. The molecule has 0 spiro atoms. The van der Waals surface area contributed by atoms with E-state index in [9.17, 15) is 19.5 Å². The van der Waals surface area contributed by atoms with Gasteiger partial charge in [0, 0.05) is 16.3 Å². The summed E-state index contributed by atoms with van der Waals surface area (Å²) >= 11 is 0. The number of benzene rings is 1. The van der Waals surface area contributed by atoms with Crippen LogP contribution in [0.4, 0.5) is 0 Å². The lowest BCUT2D eigenvalue weighted by molar-refractivity contribution is -0.142. The summed E-state index contributed by atoms with van der Waals surface area (Å²) in [7, 11) is 0. The van der Waals surface area contributed by atoms with Gasteiger partial charge in [-0.3, -0.25) is 4.79 Å². The molecule has 1 aromatic carbocycles. The van der Waals surface area contributed by atoms with Crippen LogP contribution in [0.25, 0.3) is 21.9 Å². The highest BCUT2D eigenvalue weighted by atomic mass is 16.4. The van der Waals surface area contributed by atoms with Gasteiger partial charge in [0.05, 0.1) is 18.2 Å². The highest BCUT2D eigenvalue weighted by Crippen LogP contribution is 2.32. The molecule has 7 nitrogen and oxygen atoms in total. The molecule has 1 unspecified atom stereocenters. The lowest BCUT2D eigenvalue weighted by atomic mass is 9.99. The molecular weight excluding hydrogens is 374 g/mol. The maximum Gasteiger partial charge on any atom is 0.340 e. The van der Waals surface area contributed by atoms with Crippen molar-refractivity contribution in [2.45, 2.75) is 59.4 Å². The number of hydrogen-bond acceptors (Lipinski definition) is 5. The smallest absolute Gasteiger partial charge is 0.340 e. The van der Waals surface area contributed by atoms with Gasteiger partial charge >= 0.3 is 11.6 Å². The second kappa shape index (κ2) is 8.11. The quantitative estimate of drug-likeness (QED) is 0.585. The van der Waals surface area contributed by atoms with E-state index in [0.29, 0.717) is 29.6 Å². The van der Waals surface area contributed by atoms with Crippen molar-refractivity contribution >= 4 is 33.8 Å². The Morgan fingerprint density at radius 2 is 1.86 bits per heavy atom. The Kier molecular flexibility index (Phi) is 5.77. The van der Waals surface area contributed by atoms with Crippen molar-refractivity contribution in [1.29, 1.82) is 0 Å². The molecule has 3 rings (SSSR count). The standard InChI is InChI=1S/C22H25NO6/c1-5-6-7-17(21(25)26)23-18(24)9-16-12(3)15-8-14-11(2)10-28-19(14)13(4)20(15)29-22(16)27/h8,10,17H,5-7,9H2,1-4H3,(H,23,24)(H,25,26). The number of fused-ring (bicyclic) bond motifs is 2. The minimum atomic E-state index is -1.08. The van der Waals surface area contributed by atoms with E-state index in [1.54, 1.807) is 13.2 Å². The number of aliphatic carboxylic acids is 1. The van der Waals surface area contributed by atoms with Gasteiger partial charge in [0.25, 0.3) is 0 Å². The van der Waals surface area contributed by atoms with Crippen LogP contribution in [0.3, 0.4) is 0 Å². The number of nitrogens with one attached hydrogen (secondary N) is 1. The molecule has 2 N–H and O–H groups in total. The van der Waals surface area contributed by atoms with Crippen LogP contribution in [0, 0.1) is 20.8 Å². The molecule has 154 valence electrons. The van der Waals surface area contributed by atoms with Crippen molar-refractivity contribution < 1.29 is 23.5 Å². The Labute approximate surface area is 167 Å². The number of furan rings is 1. The summed E-state index contributed by atoms with van der Waals surface area (Å²) in [6, 6.07) is 0.933. The lowest BCUT2D eigenvalue weighted by Crippen LogP contribution is -2.42. The number of carbonyl (C=O) groups excluding carboxylic acids is 1. The van der Waals surface area contributed by atoms with Gasteiger partial charge in [0.1, 0.15) is 17.2 Å². The van der Waals surface area contributed by atoms with Gasteiger partial charge in [-0.2, -0.15) is 0 Å². The van der Waals surface area contributed by atoms with Gasteiger partial charge in [0.15, 0.2) is 0 Å². The second-order valence-corrected chi connectivity index (χ2v) is 7.44. The third kappa shape index (κ3) is 3.90. The van der Waals surface area contributed by atoms with Gasteiger partial charge in [-0.25, -0.2) is 9.59 Å². The topological polar surface area (TPSA) is 110 Å². The number of amides is 1. The van der Waals surface area contributed by atoms with Crippen molar-refractivity contribution in [3.63, 3.8) is 0 Å². The van der Waals surface area contributed by atoms with Crippen molar-refractivity contribution in [2.75, 3.05) is 0 Å². The van der Waals surface area contributed by atoms with Crippen molar-refractivity contribution in [2.24, 2.45) is 0 Å². The SMILES string of the molecule is CCCCC(NC(=O)Cc1c(C)c2cc3c(C)coc3c(C)c2oc1=O)C(=O)O. The molecule has 0 saturated carbocycles. The fraction of sp³-hybridized carbons (Fsp3) is 0.409. The number of unbranched alkanes of at least 4 members (excludes halogenated alkanes) is 1. The van der Waals surface area contributed by atoms with Crippen molar-refractivity contribution in [1.82, 2.24) is 5.32 Å². The maximum absolute atomic E-state index is 12.6. The summed E-state index contributed by atoms with van der Waals surface area (Å²) in [6.45, 7) is 7.48. The molecule has 29 heavy (non-hydrogen) atoms. The van der Waals surface area contributed by atoms with Crippen LogP contribution in [-0.4, -0.2) is 23.0 Å². The second-order valence-electron chi connectivity index (χ2n) is 7.44. The lowest BCUT2D eigenvalue weighted by Gasteiger charge is -2.15. The zero-order chi connectivity index (χ0) is 21.3. The number of aryl methyl sites for hydroxylation is 3. The van der Waals surface area contributed by atoms with Gasteiger partial charge in [-0.05, 0) is 44.4 Å². The molecule has 0 aliphatic rings. The predicted octanol–water partition coefficient (Wildman–Crippen LogP) is 3.77. The normalized spacial score (nSPS) is 12.4. The monoisotopic (exact) mass is 399 g/mol. The summed E-state index contributed by atoms with van der Waals surface area (Å²) in [5.41, 5.74) is 3.08. The van der Waals surface area contributed by atoms with Crippen molar-refractivity contribution in [3.8, 4) is 0 Å². The molecule has 2 aromatic heterocycles. The maximum atomic E-state index is 12.6. The third-order valence-electron chi connectivity index (χ3n) is 5.35. The minimum Gasteiger partial charge on any atom is -0.480 e. The average molecular weight is 399 g/mol. The molecule has 1 atom stereocenters. The van der Waals surface area contributed by atoms with E-state index in [1.165, 1.54) is 0 Å². The largest absolute Gasteiger partial charge is 0.480 e. The van der Waals surface area contributed by atoms with Crippen LogP contribution in [0.2, 0.25) is 0 Å². The minimum absolute atomic E-state index is 0.231. The molecule has 1 amide bonds. The molecule has 0 aliphatic heterocycles. The molecule has 7 heteroatoms. The zero-order valence-corrected chi connectivity index (χ0v) is 17.0. The van der Waals surface area contributed by atoms with Crippen LogP contribution >= 0.6 is 0 Å². The first kappa shape index (κ1) is 20.6. The van der Waals surface area contributed by atoms with E-state index in [1.807, 2.05) is 26.8 Å². The molecule has 0 fully saturated rings. The van der Waals surface area contributed by atoms with Gasteiger partial charge in [0.2, 0.25) is 5.91 Å². The van der Waals surface area contributed by atoms with E-state index in [0.717, 1.165) is 28.3 Å². The van der Waals surface area contributed by atoms with E-state index in [4.69, 9.17) is 8.83 Å².